The molecule has 0 amide bonds. The van der Waals surface area contributed by atoms with E-state index in [2.05, 4.69) is 13.8 Å². The minimum Gasteiger partial charge on any atom is -0.393 e. The van der Waals surface area contributed by atoms with Gasteiger partial charge < -0.3 is 4.74 Å². The Balaban J connectivity index is 1.76. The van der Waals surface area contributed by atoms with Gasteiger partial charge in [0.25, 0.3) is 0 Å². The number of fused-ring (bicyclic) bond motifs is 2. The molecule has 16 heavy (non-hydrogen) atoms. The minimum absolute atomic E-state index is 0.0903. The van der Waals surface area contributed by atoms with Gasteiger partial charge in [-0.2, -0.15) is 0 Å². The molecule has 1 aliphatic heterocycles. The largest absolute Gasteiger partial charge is 0.393 e. The zero-order valence-electron chi connectivity index (χ0n) is 9.55. The number of carbonyl (C=O) groups excluding carboxylic acids is 2. The summed E-state index contributed by atoms with van der Waals surface area (Å²) in [4.78, 5) is 23.4. The summed E-state index contributed by atoms with van der Waals surface area (Å²) >= 11 is 0. The smallest absolute Gasteiger partial charge is 0.317 e. The van der Waals surface area contributed by atoms with Crippen molar-refractivity contribution < 1.29 is 14.3 Å². The highest BCUT2D eigenvalue weighted by Crippen LogP contribution is 2.71. The maximum Gasteiger partial charge on any atom is 0.317 e. The maximum atomic E-state index is 11.7. The summed E-state index contributed by atoms with van der Waals surface area (Å²) in [6.07, 6.45) is 1.15. The van der Waals surface area contributed by atoms with Crippen molar-refractivity contribution in [2.75, 3.05) is 0 Å². The molecule has 3 nitrogen and oxygen atoms in total. The number of esters is 2. The third kappa shape index (κ3) is 0.740. The number of ether oxygens (including phenoxy) is 1. The predicted molar refractivity (Wildman–Crippen MR) is 55.0 cm³/mol. The van der Waals surface area contributed by atoms with Gasteiger partial charge >= 0.3 is 11.9 Å². The molecule has 8 unspecified atom stereocenters. The molecule has 0 aromatic heterocycles. The Morgan fingerprint density at radius 3 is 2.38 bits per heavy atom. The molecule has 0 aromatic rings. The normalized spacial score (nSPS) is 61.6. The highest BCUT2D eigenvalue weighted by Gasteiger charge is 2.71. The van der Waals surface area contributed by atoms with E-state index in [0.717, 1.165) is 24.2 Å². The summed E-state index contributed by atoms with van der Waals surface area (Å²) in [7, 11) is 0. The van der Waals surface area contributed by atoms with Crippen molar-refractivity contribution >= 4 is 11.9 Å². The van der Waals surface area contributed by atoms with E-state index in [9.17, 15) is 9.59 Å². The lowest BCUT2D eigenvalue weighted by molar-refractivity contribution is -0.225. The average Bonchev–Trinajstić information content (AvgIpc) is 2.47. The third-order valence-electron chi connectivity index (χ3n) is 6.03. The summed E-state index contributed by atoms with van der Waals surface area (Å²) in [5.41, 5.74) is 0. The van der Waals surface area contributed by atoms with Crippen molar-refractivity contribution in [2.45, 2.75) is 20.3 Å². The fourth-order valence-corrected chi connectivity index (χ4v) is 5.34. The molecule has 4 fully saturated rings. The Bertz CT molecular complexity index is 402. The third-order valence-corrected chi connectivity index (χ3v) is 6.03. The van der Waals surface area contributed by atoms with Gasteiger partial charge in [0.2, 0.25) is 0 Å². The van der Waals surface area contributed by atoms with Crippen LogP contribution in [0.4, 0.5) is 0 Å². The standard InChI is InChI=1S/C13H16O3/c1-4-6-3-7-10(6)8(4)5(2)9-11(7)13(15)16-12(9)14/h4-11H,3H2,1-2H3. The van der Waals surface area contributed by atoms with Gasteiger partial charge in [-0.1, -0.05) is 13.8 Å². The molecule has 0 spiro atoms. The molecule has 3 saturated carbocycles. The van der Waals surface area contributed by atoms with Crippen molar-refractivity contribution in [3.05, 3.63) is 0 Å². The minimum atomic E-state index is -0.247. The van der Waals surface area contributed by atoms with Gasteiger partial charge in [-0.3, -0.25) is 9.59 Å². The van der Waals surface area contributed by atoms with E-state index < -0.39 is 0 Å². The van der Waals surface area contributed by atoms with Gasteiger partial charge in [-0.05, 0) is 41.9 Å². The van der Waals surface area contributed by atoms with Crippen LogP contribution in [0.2, 0.25) is 0 Å². The second kappa shape index (κ2) is 2.52. The first-order valence-electron chi connectivity index (χ1n) is 6.37. The van der Waals surface area contributed by atoms with Crippen LogP contribution >= 0.6 is 0 Å². The van der Waals surface area contributed by atoms with Crippen LogP contribution in [0, 0.1) is 47.3 Å². The van der Waals surface area contributed by atoms with Crippen molar-refractivity contribution in [1.82, 2.24) is 0 Å². The van der Waals surface area contributed by atoms with E-state index in [4.69, 9.17) is 4.74 Å². The van der Waals surface area contributed by atoms with Gasteiger partial charge in [0.05, 0.1) is 11.8 Å². The molecule has 4 rings (SSSR count). The van der Waals surface area contributed by atoms with Crippen LogP contribution in [0.25, 0.3) is 0 Å². The van der Waals surface area contributed by atoms with Crippen LogP contribution in [0.3, 0.4) is 0 Å². The molecule has 3 heteroatoms. The van der Waals surface area contributed by atoms with Gasteiger partial charge in [0, 0.05) is 0 Å². The first-order chi connectivity index (χ1) is 7.61. The molecular weight excluding hydrogens is 204 g/mol. The Morgan fingerprint density at radius 1 is 0.938 bits per heavy atom. The molecule has 1 saturated heterocycles. The summed E-state index contributed by atoms with van der Waals surface area (Å²) in [5, 5.41) is 0. The van der Waals surface area contributed by atoms with Gasteiger partial charge in [-0.25, -0.2) is 0 Å². The second-order valence-electron chi connectivity index (χ2n) is 6.23. The topological polar surface area (TPSA) is 43.4 Å². The second-order valence-corrected chi connectivity index (χ2v) is 6.23. The highest BCUT2D eigenvalue weighted by atomic mass is 16.6. The number of cyclic esters (lactones) is 2. The summed E-state index contributed by atoms with van der Waals surface area (Å²) in [5.74, 6) is 3.10. The molecule has 8 atom stereocenters. The molecule has 0 aromatic carbocycles. The van der Waals surface area contributed by atoms with Crippen LogP contribution in [-0.4, -0.2) is 11.9 Å². The molecule has 3 aliphatic carbocycles. The van der Waals surface area contributed by atoms with Crippen molar-refractivity contribution in [1.29, 1.82) is 0 Å². The number of rotatable bonds is 0. The van der Waals surface area contributed by atoms with E-state index in [1.54, 1.807) is 0 Å². The summed E-state index contributed by atoms with van der Waals surface area (Å²) in [6.45, 7) is 4.45. The molecular formula is C13H16O3. The van der Waals surface area contributed by atoms with Crippen molar-refractivity contribution in [3.63, 3.8) is 0 Å². The van der Waals surface area contributed by atoms with Gasteiger partial charge in [0.15, 0.2) is 0 Å². The van der Waals surface area contributed by atoms with E-state index in [1.807, 2.05) is 0 Å². The monoisotopic (exact) mass is 220 g/mol. The molecule has 0 radical (unpaired) electrons. The van der Waals surface area contributed by atoms with E-state index >= 15 is 0 Å². The summed E-state index contributed by atoms with van der Waals surface area (Å²) < 4.78 is 4.86. The number of carbonyl (C=O) groups is 2. The van der Waals surface area contributed by atoms with Crippen LogP contribution in [0.15, 0.2) is 0 Å². The molecule has 1 heterocycles. The van der Waals surface area contributed by atoms with Crippen LogP contribution in [0.1, 0.15) is 20.3 Å². The highest BCUT2D eigenvalue weighted by molar-refractivity contribution is 5.97. The van der Waals surface area contributed by atoms with Crippen LogP contribution in [-0.2, 0) is 14.3 Å². The van der Waals surface area contributed by atoms with Crippen LogP contribution in [0.5, 0.6) is 0 Å². The molecule has 0 N–H and O–H groups in total. The lowest BCUT2D eigenvalue weighted by Crippen LogP contribution is -2.67. The first kappa shape index (κ1) is 9.20. The Hall–Kier alpha value is -0.860. The fraction of sp³-hybridized carbons (Fsp3) is 0.846. The van der Waals surface area contributed by atoms with Crippen molar-refractivity contribution in [3.8, 4) is 0 Å². The zero-order chi connectivity index (χ0) is 11.2. The molecule has 86 valence electrons. The van der Waals surface area contributed by atoms with Gasteiger partial charge in [0.1, 0.15) is 0 Å². The van der Waals surface area contributed by atoms with Gasteiger partial charge in [-0.15, -0.1) is 0 Å². The molecule has 0 bridgehead atoms. The lowest BCUT2D eigenvalue weighted by atomic mass is 9.34. The van der Waals surface area contributed by atoms with E-state index in [0.29, 0.717) is 17.8 Å². The number of hydrogen-bond acceptors (Lipinski definition) is 3. The Labute approximate surface area is 94.5 Å². The maximum absolute atomic E-state index is 11.7. The number of hydrogen-bond donors (Lipinski definition) is 0. The lowest BCUT2D eigenvalue weighted by Gasteiger charge is -2.69. The van der Waals surface area contributed by atoms with Crippen LogP contribution < -0.4 is 0 Å². The average molecular weight is 220 g/mol. The Morgan fingerprint density at radius 2 is 1.62 bits per heavy atom. The van der Waals surface area contributed by atoms with Crippen molar-refractivity contribution in [2.24, 2.45) is 47.3 Å². The quantitative estimate of drug-likeness (QED) is 0.458. The van der Waals surface area contributed by atoms with E-state index in [-0.39, 0.29) is 23.8 Å². The SMILES string of the molecule is CC1C2CC3C4C(=O)OC(=O)C4C(C)C1C23. The van der Waals surface area contributed by atoms with E-state index in [1.165, 1.54) is 0 Å². The molecule has 4 aliphatic rings. The zero-order valence-corrected chi connectivity index (χ0v) is 9.55. The first-order valence-corrected chi connectivity index (χ1v) is 6.37. The fourth-order valence-electron chi connectivity index (χ4n) is 5.34. The predicted octanol–water partition coefficient (Wildman–Crippen LogP) is 1.47. The Kier molecular flexibility index (Phi) is 1.45. The summed E-state index contributed by atoms with van der Waals surface area (Å²) in [6, 6.07) is 0.